The molecule has 0 amide bonds. The molecule has 0 radical (unpaired) electrons. The van der Waals surface area contributed by atoms with E-state index in [2.05, 4.69) is 40.9 Å². The zero-order valence-electron chi connectivity index (χ0n) is 13.8. The van der Waals surface area contributed by atoms with Crippen LogP contribution in [0, 0.1) is 24.0 Å². The molecule has 0 saturated heterocycles. The predicted molar refractivity (Wildman–Crippen MR) is 100 cm³/mol. The quantitative estimate of drug-likeness (QED) is 0.312. The number of aromatic amines is 2. The number of aryl methyl sites for hydroxylation is 2. The first-order valence-corrected chi connectivity index (χ1v) is 8.84. The highest BCUT2D eigenvalue weighted by molar-refractivity contribution is 7.98. The molecule has 0 atom stereocenters. The van der Waals surface area contributed by atoms with Crippen molar-refractivity contribution in [1.29, 1.82) is 0 Å². The summed E-state index contributed by atoms with van der Waals surface area (Å²) in [5.41, 5.74) is 6.46. The Balaban J connectivity index is 1.59. The Morgan fingerprint density at radius 1 is 1.16 bits per heavy atom. The first-order valence-electron chi connectivity index (χ1n) is 7.85. The van der Waals surface area contributed by atoms with Crippen molar-refractivity contribution in [2.45, 2.75) is 24.8 Å². The first-order chi connectivity index (χ1) is 12.0. The van der Waals surface area contributed by atoms with Gasteiger partial charge in [0.1, 0.15) is 0 Å². The van der Waals surface area contributed by atoms with Gasteiger partial charge in [0.15, 0.2) is 5.16 Å². The third-order valence-electron chi connectivity index (χ3n) is 4.40. The molecule has 0 aliphatic heterocycles. The Labute approximate surface area is 147 Å². The van der Waals surface area contributed by atoms with Gasteiger partial charge in [0.25, 0.3) is 5.69 Å². The van der Waals surface area contributed by atoms with E-state index in [4.69, 9.17) is 0 Å². The van der Waals surface area contributed by atoms with Crippen LogP contribution in [0.1, 0.15) is 16.7 Å². The molecular formula is C18H16N4O2S. The summed E-state index contributed by atoms with van der Waals surface area (Å²) in [6.45, 7) is 4.18. The fourth-order valence-corrected chi connectivity index (χ4v) is 3.74. The normalized spacial score (nSPS) is 11.4. The van der Waals surface area contributed by atoms with E-state index < -0.39 is 0 Å². The molecule has 25 heavy (non-hydrogen) atoms. The predicted octanol–water partition coefficient (Wildman–Crippen LogP) is 4.86. The number of nitro groups is 1. The SMILES string of the molecule is Cc1cc2nc(SCc3c[nH]c4cc([N+](=O)[O-])ccc34)[nH]c2cc1C. The monoisotopic (exact) mass is 352 g/mol. The molecule has 0 saturated carbocycles. The fourth-order valence-electron chi connectivity index (χ4n) is 2.87. The van der Waals surface area contributed by atoms with Gasteiger partial charge < -0.3 is 9.97 Å². The van der Waals surface area contributed by atoms with Gasteiger partial charge in [-0.15, -0.1) is 0 Å². The lowest BCUT2D eigenvalue weighted by Crippen LogP contribution is -1.87. The van der Waals surface area contributed by atoms with Gasteiger partial charge in [-0.3, -0.25) is 10.1 Å². The molecule has 2 aromatic carbocycles. The number of aromatic nitrogens is 3. The van der Waals surface area contributed by atoms with E-state index >= 15 is 0 Å². The van der Waals surface area contributed by atoms with Crippen molar-refractivity contribution in [3.63, 3.8) is 0 Å². The van der Waals surface area contributed by atoms with Crippen molar-refractivity contribution in [2.75, 3.05) is 0 Å². The van der Waals surface area contributed by atoms with E-state index in [1.165, 1.54) is 17.2 Å². The van der Waals surface area contributed by atoms with Crippen molar-refractivity contribution in [2.24, 2.45) is 0 Å². The smallest absolute Gasteiger partial charge is 0.271 e. The molecule has 7 heteroatoms. The highest BCUT2D eigenvalue weighted by atomic mass is 32.2. The van der Waals surface area contributed by atoms with E-state index in [-0.39, 0.29) is 10.6 Å². The van der Waals surface area contributed by atoms with Gasteiger partial charge in [-0.05, 0) is 48.7 Å². The molecule has 0 aliphatic rings. The Morgan fingerprint density at radius 2 is 1.96 bits per heavy atom. The van der Waals surface area contributed by atoms with Crippen LogP contribution in [0.2, 0.25) is 0 Å². The zero-order valence-corrected chi connectivity index (χ0v) is 14.6. The number of hydrogen-bond donors (Lipinski definition) is 2. The number of non-ortho nitro benzene ring substituents is 1. The topological polar surface area (TPSA) is 87.6 Å². The lowest BCUT2D eigenvalue weighted by atomic mass is 10.1. The Hall–Kier alpha value is -2.80. The summed E-state index contributed by atoms with van der Waals surface area (Å²) in [6, 6.07) is 9.11. The number of imidazole rings is 1. The molecule has 2 aromatic heterocycles. The second kappa shape index (κ2) is 5.93. The van der Waals surface area contributed by atoms with Gasteiger partial charge in [-0.1, -0.05) is 11.8 Å². The molecule has 4 aromatic rings. The van der Waals surface area contributed by atoms with Gasteiger partial charge in [0.2, 0.25) is 0 Å². The Bertz CT molecular complexity index is 1070. The van der Waals surface area contributed by atoms with E-state index in [9.17, 15) is 10.1 Å². The van der Waals surface area contributed by atoms with Crippen LogP contribution >= 0.6 is 11.8 Å². The van der Waals surface area contributed by atoms with Gasteiger partial charge in [-0.25, -0.2) is 4.98 Å². The van der Waals surface area contributed by atoms with Crippen LogP contribution in [0.4, 0.5) is 5.69 Å². The van der Waals surface area contributed by atoms with Crippen LogP contribution < -0.4 is 0 Å². The Kier molecular flexibility index (Phi) is 3.73. The maximum Gasteiger partial charge on any atom is 0.271 e. The van der Waals surface area contributed by atoms with E-state index in [1.807, 2.05) is 6.20 Å². The summed E-state index contributed by atoms with van der Waals surface area (Å²) in [4.78, 5) is 21.6. The maximum atomic E-state index is 10.9. The van der Waals surface area contributed by atoms with Crippen molar-refractivity contribution in [3.05, 3.63) is 63.3 Å². The van der Waals surface area contributed by atoms with Crippen LogP contribution in [0.5, 0.6) is 0 Å². The summed E-state index contributed by atoms with van der Waals surface area (Å²) in [5, 5.41) is 12.7. The highest BCUT2D eigenvalue weighted by Crippen LogP contribution is 2.29. The molecule has 0 unspecified atom stereocenters. The lowest BCUT2D eigenvalue weighted by Gasteiger charge is -1.98. The van der Waals surface area contributed by atoms with Gasteiger partial charge >= 0.3 is 0 Å². The molecule has 0 spiro atoms. The van der Waals surface area contributed by atoms with E-state index in [0.717, 1.165) is 38.4 Å². The van der Waals surface area contributed by atoms with Crippen LogP contribution in [0.3, 0.4) is 0 Å². The minimum atomic E-state index is -0.382. The summed E-state index contributed by atoms with van der Waals surface area (Å²) in [6.07, 6.45) is 1.90. The number of H-pyrrole nitrogens is 2. The third-order valence-corrected chi connectivity index (χ3v) is 5.32. The molecular weight excluding hydrogens is 336 g/mol. The molecule has 2 heterocycles. The molecule has 6 nitrogen and oxygen atoms in total. The number of nitrogens with zero attached hydrogens (tertiary/aromatic N) is 2. The number of benzene rings is 2. The maximum absolute atomic E-state index is 10.9. The number of fused-ring (bicyclic) bond motifs is 2. The number of nitrogens with one attached hydrogen (secondary N) is 2. The number of hydrogen-bond acceptors (Lipinski definition) is 4. The van der Waals surface area contributed by atoms with Crippen molar-refractivity contribution in [3.8, 4) is 0 Å². The van der Waals surface area contributed by atoms with Crippen LogP contribution in [0.15, 0.2) is 41.7 Å². The number of rotatable bonds is 4. The van der Waals surface area contributed by atoms with Crippen molar-refractivity contribution >= 4 is 39.4 Å². The molecule has 0 bridgehead atoms. The minimum absolute atomic E-state index is 0.0941. The minimum Gasteiger partial charge on any atom is -0.361 e. The molecule has 0 aliphatic carbocycles. The largest absolute Gasteiger partial charge is 0.361 e. The summed E-state index contributed by atoms with van der Waals surface area (Å²) >= 11 is 1.62. The van der Waals surface area contributed by atoms with Gasteiger partial charge in [0.05, 0.1) is 21.5 Å². The number of thioether (sulfide) groups is 1. The molecule has 4 rings (SSSR count). The molecule has 126 valence electrons. The lowest BCUT2D eigenvalue weighted by molar-refractivity contribution is -0.384. The van der Waals surface area contributed by atoms with E-state index in [1.54, 1.807) is 23.9 Å². The highest BCUT2D eigenvalue weighted by Gasteiger charge is 2.11. The first kappa shape index (κ1) is 15.7. The molecule has 0 fully saturated rings. The summed E-state index contributed by atoms with van der Waals surface area (Å²) in [5.74, 6) is 0.732. The fraction of sp³-hybridized carbons (Fsp3) is 0.167. The van der Waals surface area contributed by atoms with Gasteiger partial charge in [-0.2, -0.15) is 0 Å². The standard InChI is InChI=1S/C18H16N4O2S/c1-10-5-16-17(6-11(10)2)21-18(20-16)25-9-12-8-19-15-7-13(22(23)24)3-4-14(12)15/h3-8,19H,9H2,1-2H3,(H,20,21). The van der Waals surface area contributed by atoms with Crippen molar-refractivity contribution < 1.29 is 4.92 Å². The van der Waals surface area contributed by atoms with E-state index in [0.29, 0.717) is 0 Å². The van der Waals surface area contributed by atoms with Crippen molar-refractivity contribution in [1.82, 2.24) is 15.0 Å². The van der Waals surface area contributed by atoms with Crippen LogP contribution in [-0.4, -0.2) is 19.9 Å². The average molecular weight is 352 g/mol. The van der Waals surface area contributed by atoms with Crippen LogP contribution in [-0.2, 0) is 5.75 Å². The second-order valence-electron chi connectivity index (χ2n) is 6.09. The summed E-state index contributed by atoms with van der Waals surface area (Å²) in [7, 11) is 0. The average Bonchev–Trinajstić information content (AvgIpc) is 3.16. The second-order valence-corrected chi connectivity index (χ2v) is 7.05. The number of nitro benzene ring substituents is 1. The molecule has 2 N–H and O–H groups in total. The van der Waals surface area contributed by atoms with Crippen LogP contribution in [0.25, 0.3) is 21.9 Å². The third kappa shape index (κ3) is 2.87. The summed E-state index contributed by atoms with van der Waals surface area (Å²) < 4.78 is 0. The Morgan fingerprint density at radius 3 is 2.76 bits per heavy atom. The zero-order chi connectivity index (χ0) is 17.6. The van der Waals surface area contributed by atoms with Gasteiger partial charge in [0, 0.05) is 29.5 Å².